The van der Waals surface area contributed by atoms with Crippen molar-refractivity contribution in [3.63, 3.8) is 0 Å². The number of imidazole rings is 1. The van der Waals surface area contributed by atoms with Crippen LogP contribution in [0, 0.1) is 24.1 Å². The molecule has 0 aliphatic heterocycles. The molecule has 25 heavy (non-hydrogen) atoms. The standard InChI is InChI=1S/C19H21F2N3O/c1-11-8-13(17(21)22-9-11)12-6-7-14-16(15(12)20)23(5)18(25)24(14)10-19(2,3)4/h6-9H,10H2,1-5H3. The smallest absolute Gasteiger partial charge is 0.292 e. The minimum absolute atomic E-state index is 0.0930. The molecule has 1 aromatic carbocycles. The second-order valence-electron chi connectivity index (χ2n) is 7.63. The molecule has 0 unspecified atom stereocenters. The van der Waals surface area contributed by atoms with Gasteiger partial charge < -0.3 is 0 Å². The highest BCUT2D eigenvalue weighted by molar-refractivity contribution is 5.84. The molecule has 0 bridgehead atoms. The Labute approximate surface area is 144 Å². The first kappa shape index (κ1) is 17.3. The predicted octanol–water partition coefficient (Wildman–Crippen LogP) is 4.03. The lowest BCUT2D eigenvalue weighted by molar-refractivity contribution is 0.342. The molecular formula is C19H21F2N3O. The largest absolute Gasteiger partial charge is 0.328 e. The Bertz CT molecular complexity index is 1030. The lowest BCUT2D eigenvalue weighted by Crippen LogP contribution is -2.27. The molecule has 0 amide bonds. The van der Waals surface area contributed by atoms with Gasteiger partial charge in [0.2, 0.25) is 5.95 Å². The predicted molar refractivity (Wildman–Crippen MR) is 94.5 cm³/mol. The van der Waals surface area contributed by atoms with Gasteiger partial charge in [-0.05, 0) is 36.1 Å². The van der Waals surface area contributed by atoms with E-state index in [-0.39, 0.29) is 27.7 Å². The highest BCUT2D eigenvalue weighted by Gasteiger charge is 2.22. The maximum Gasteiger partial charge on any atom is 0.328 e. The van der Waals surface area contributed by atoms with Gasteiger partial charge in [0.15, 0.2) is 5.82 Å². The van der Waals surface area contributed by atoms with Crippen molar-refractivity contribution in [1.29, 1.82) is 0 Å². The summed E-state index contributed by atoms with van der Waals surface area (Å²) in [6.07, 6.45) is 1.39. The molecule has 0 radical (unpaired) electrons. The molecular weight excluding hydrogens is 324 g/mol. The summed E-state index contributed by atoms with van der Waals surface area (Å²) in [6, 6.07) is 4.73. The SMILES string of the molecule is Cc1cnc(F)c(-c2ccc3c(c2F)n(C)c(=O)n3CC(C)(C)C)c1. The fraction of sp³-hybridized carbons (Fsp3) is 0.368. The van der Waals surface area contributed by atoms with E-state index < -0.39 is 11.8 Å². The van der Waals surface area contributed by atoms with Crippen LogP contribution in [0.1, 0.15) is 26.3 Å². The van der Waals surface area contributed by atoms with Crippen LogP contribution in [0.5, 0.6) is 0 Å². The lowest BCUT2D eigenvalue weighted by atomic mass is 9.97. The van der Waals surface area contributed by atoms with E-state index >= 15 is 4.39 Å². The number of hydrogen-bond acceptors (Lipinski definition) is 2. The Hall–Kier alpha value is -2.50. The molecule has 0 saturated heterocycles. The minimum Gasteiger partial charge on any atom is -0.292 e. The van der Waals surface area contributed by atoms with E-state index in [4.69, 9.17) is 0 Å². The third-order valence-electron chi connectivity index (χ3n) is 4.14. The van der Waals surface area contributed by atoms with Crippen LogP contribution >= 0.6 is 0 Å². The molecule has 0 N–H and O–H groups in total. The summed E-state index contributed by atoms with van der Waals surface area (Å²) in [5.74, 6) is -1.35. The van der Waals surface area contributed by atoms with Crippen LogP contribution < -0.4 is 5.69 Å². The molecule has 0 saturated carbocycles. The summed E-state index contributed by atoms with van der Waals surface area (Å²) in [4.78, 5) is 16.2. The van der Waals surface area contributed by atoms with Crippen molar-refractivity contribution in [2.45, 2.75) is 34.2 Å². The van der Waals surface area contributed by atoms with Gasteiger partial charge in [0.1, 0.15) is 5.52 Å². The van der Waals surface area contributed by atoms with Crippen LogP contribution in [0.4, 0.5) is 8.78 Å². The van der Waals surface area contributed by atoms with E-state index in [1.165, 1.54) is 23.9 Å². The first-order valence-electron chi connectivity index (χ1n) is 8.10. The number of benzene rings is 1. The van der Waals surface area contributed by atoms with Crippen molar-refractivity contribution in [2.24, 2.45) is 12.5 Å². The number of halogens is 2. The van der Waals surface area contributed by atoms with Gasteiger partial charge in [0.05, 0.1) is 5.52 Å². The Morgan fingerprint density at radius 3 is 2.48 bits per heavy atom. The molecule has 0 aliphatic carbocycles. The van der Waals surface area contributed by atoms with E-state index in [9.17, 15) is 9.18 Å². The normalized spacial score (nSPS) is 12.1. The van der Waals surface area contributed by atoms with Crippen LogP contribution in [0.3, 0.4) is 0 Å². The van der Waals surface area contributed by atoms with Crippen LogP contribution in [0.2, 0.25) is 0 Å². The zero-order valence-electron chi connectivity index (χ0n) is 15.0. The van der Waals surface area contributed by atoms with Crippen molar-refractivity contribution in [3.8, 4) is 11.1 Å². The molecule has 6 heteroatoms. The Balaban J connectivity index is 2.31. The summed E-state index contributed by atoms with van der Waals surface area (Å²) < 4.78 is 32.1. The van der Waals surface area contributed by atoms with E-state index in [0.29, 0.717) is 12.1 Å². The van der Waals surface area contributed by atoms with E-state index in [1.54, 1.807) is 23.6 Å². The monoisotopic (exact) mass is 345 g/mol. The second kappa shape index (κ2) is 5.79. The Morgan fingerprint density at radius 1 is 1.16 bits per heavy atom. The average Bonchev–Trinajstić information content (AvgIpc) is 2.74. The fourth-order valence-electron chi connectivity index (χ4n) is 3.05. The summed E-state index contributed by atoms with van der Waals surface area (Å²) >= 11 is 0. The molecule has 2 aromatic heterocycles. The molecule has 3 aromatic rings. The van der Waals surface area contributed by atoms with E-state index in [1.807, 2.05) is 20.8 Å². The maximum atomic E-state index is 15.2. The number of nitrogens with zero attached hydrogens (tertiary/aromatic N) is 3. The average molecular weight is 345 g/mol. The number of aryl methyl sites for hydroxylation is 2. The number of aromatic nitrogens is 3. The molecule has 0 fully saturated rings. The highest BCUT2D eigenvalue weighted by Crippen LogP contribution is 2.31. The quantitative estimate of drug-likeness (QED) is 0.658. The molecule has 132 valence electrons. The molecule has 0 aliphatic rings. The van der Waals surface area contributed by atoms with Crippen LogP contribution in [-0.2, 0) is 13.6 Å². The molecule has 2 heterocycles. The first-order chi connectivity index (χ1) is 11.6. The van der Waals surface area contributed by atoms with Crippen molar-refractivity contribution >= 4 is 11.0 Å². The lowest BCUT2D eigenvalue weighted by Gasteiger charge is -2.18. The Morgan fingerprint density at radius 2 is 1.84 bits per heavy atom. The van der Waals surface area contributed by atoms with Crippen molar-refractivity contribution in [1.82, 2.24) is 14.1 Å². The summed E-state index contributed by atoms with van der Waals surface area (Å²) in [6.45, 7) is 8.26. The van der Waals surface area contributed by atoms with Gasteiger partial charge in [-0.3, -0.25) is 9.13 Å². The topological polar surface area (TPSA) is 39.8 Å². The maximum absolute atomic E-state index is 15.2. The number of fused-ring (bicyclic) bond motifs is 1. The number of rotatable bonds is 2. The van der Waals surface area contributed by atoms with Gasteiger partial charge in [-0.1, -0.05) is 20.8 Å². The van der Waals surface area contributed by atoms with E-state index in [0.717, 1.165) is 5.56 Å². The molecule has 0 spiro atoms. The van der Waals surface area contributed by atoms with Gasteiger partial charge >= 0.3 is 5.69 Å². The van der Waals surface area contributed by atoms with Crippen molar-refractivity contribution in [2.75, 3.05) is 0 Å². The first-order valence-corrected chi connectivity index (χ1v) is 8.10. The third kappa shape index (κ3) is 2.97. The number of hydrogen-bond donors (Lipinski definition) is 0. The zero-order chi connectivity index (χ0) is 18.5. The highest BCUT2D eigenvalue weighted by atomic mass is 19.1. The zero-order valence-corrected chi connectivity index (χ0v) is 15.0. The van der Waals surface area contributed by atoms with Crippen LogP contribution in [-0.4, -0.2) is 14.1 Å². The summed E-state index contributed by atoms with van der Waals surface area (Å²) in [5, 5.41) is 0. The van der Waals surface area contributed by atoms with Crippen molar-refractivity contribution < 1.29 is 8.78 Å². The second-order valence-corrected chi connectivity index (χ2v) is 7.63. The molecule has 0 atom stereocenters. The summed E-state index contributed by atoms with van der Waals surface area (Å²) in [5.41, 5.74) is 1.18. The van der Waals surface area contributed by atoms with Gasteiger partial charge in [0, 0.05) is 30.9 Å². The number of pyridine rings is 1. The third-order valence-corrected chi connectivity index (χ3v) is 4.14. The van der Waals surface area contributed by atoms with Gasteiger partial charge in [-0.15, -0.1) is 0 Å². The van der Waals surface area contributed by atoms with Gasteiger partial charge in [-0.2, -0.15) is 4.39 Å². The van der Waals surface area contributed by atoms with Crippen LogP contribution in [0.25, 0.3) is 22.2 Å². The van der Waals surface area contributed by atoms with Gasteiger partial charge in [0.25, 0.3) is 0 Å². The minimum atomic E-state index is -0.733. The Kier molecular flexibility index (Phi) is 4.01. The van der Waals surface area contributed by atoms with Crippen molar-refractivity contribution in [3.05, 3.63) is 52.2 Å². The molecule has 4 nitrogen and oxygen atoms in total. The van der Waals surface area contributed by atoms with E-state index in [2.05, 4.69) is 4.98 Å². The van der Waals surface area contributed by atoms with Crippen LogP contribution in [0.15, 0.2) is 29.2 Å². The summed E-state index contributed by atoms with van der Waals surface area (Å²) in [7, 11) is 1.53. The van der Waals surface area contributed by atoms with Gasteiger partial charge in [-0.25, -0.2) is 14.2 Å². The fourth-order valence-corrected chi connectivity index (χ4v) is 3.05. The molecule has 3 rings (SSSR count).